The molecule has 3 rings (SSSR count). The van der Waals surface area contributed by atoms with Crippen molar-refractivity contribution < 1.29 is 4.74 Å². The Morgan fingerprint density at radius 3 is 2.94 bits per heavy atom. The second kappa shape index (κ2) is 4.25. The number of ether oxygens (including phenoxy) is 1. The topological polar surface area (TPSA) is 34.2 Å². The maximum absolute atomic E-state index is 5.88. The molecule has 2 aromatic rings. The number of nitrogens with one attached hydrogen (secondary N) is 1. The van der Waals surface area contributed by atoms with E-state index in [0.717, 1.165) is 30.0 Å². The highest BCUT2D eigenvalue weighted by Crippen LogP contribution is 2.27. The van der Waals surface area contributed by atoms with Gasteiger partial charge < -0.3 is 10.1 Å². The smallest absolute Gasteiger partial charge is 0.218 e. The SMILES string of the molecule is Cc1cc(C)c2nc3c(cc2c1)CNCC(C)O3. The molecule has 1 unspecified atom stereocenters. The van der Waals surface area contributed by atoms with Crippen molar-refractivity contribution in [1.29, 1.82) is 0 Å². The highest BCUT2D eigenvalue weighted by Gasteiger charge is 2.16. The van der Waals surface area contributed by atoms with Crippen LogP contribution in [0.3, 0.4) is 0 Å². The van der Waals surface area contributed by atoms with Gasteiger partial charge in [-0.25, -0.2) is 4.98 Å². The molecule has 0 fully saturated rings. The second-order valence-corrected chi connectivity index (χ2v) is 5.17. The Morgan fingerprint density at radius 1 is 1.28 bits per heavy atom. The molecule has 1 aliphatic heterocycles. The fourth-order valence-electron chi connectivity index (χ4n) is 2.55. The van der Waals surface area contributed by atoms with Crippen LogP contribution >= 0.6 is 0 Å². The number of fused-ring (bicyclic) bond motifs is 2. The summed E-state index contributed by atoms with van der Waals surface area (Å²) in [5.41, 5.74) is 4.68. The van der Waals surface area contributed by atoms with Crippen molar-refractivity contribution in [3.63, 3.8) is 0 Å². The summed E-state index contributed by atoms with van der Waals surface area (Å²) in [6.07, 6.45) is 0.168. The third-order valence-electron chi connectivity index (χ3n) is 3.35. The van der Waals surface area contributed by atoms with Gasteiger partial charge in [-0.3, -0.25) is 0 Å². The van der Waals surface area contributed by atoms with Crippen LogP contribution in [0, 0.1) is 13.8 Å². The number of aryl methyl sites for hydroxylation is 2. The number of nitrogens with zero attached hydrogens (tertiary/aromatic N) is 1. The first-order chi connectivity index (χ1) is 8.63. The van der Waals surface area contributed by atoms with Crippen molar-refractivity contribution in [1.82, 2.24) is 10.3 Å². The first-order valence-corrected chi connectivity index (χ1v) is 6.42. The lowest BCUT2D eigenvalue weighted by molar-refractivity contribution is 0.218. The van der Waals surface area contributed by atoms with Gasteiger partial charge in [-0.15, -0.1) is 0 Å². The number of hydrogen-bond acceptors (Lipinski definition) is 3. The molecule has 0 bridgehead atoms. The summed E-state index contributed by atoms with van der Waals surface area (Å²) in [6, 6.07) is 6.55. The molecule has 2 heterocycles. The lowest BCUT2D eigenvalue weighted by atomic mass is 10.1. The molecular formula is C15H18N2O. The van der Waals surface area contributed by atoms with Crippen LogP contribution < -0.4 is 10.1 Å². The fourth-order valence-corrected chi connectivity index (χ4v) is 2.55. The molecule has 0 saturated carbocycles. The van der Waals surface area contributed by atoms with Gasteiger partial charge >= 0.3 is 0 Å². The average molecular weight is 242 g/mol. The third-order valence-corrected chi connectivity index (χ3v) is 3.35. The van der Waals surface area contributed by atoms with E-state index in [1.54, 1.807) is 0 Å². The Morgan fingerprint density at radius 2 is 2.11 bits per heavy atom. The summed E-state index contributed by atoms with van der Waals surface area (Å²) >= 11 is 0. The first kappa shape index (κ1) is 11.5. The lowest BCUT2D eigenvalue weighted by Crippen LogP contribution is -2.25. The number of aromatic nitrogens is 1. The summed E-state index contributed by atoms with van der Waals surface area (Å²) in [5.74, 6) is 0.784. The van der Waals surface area contributed by atoms with Gasteiger partial charge in [0.05, 0.1) is 5.52 Å². The summed E-state index contributed by atoms with van der Waals surface area (Å²) in [6.45, 7) is 7.98. The van der Waals surface area contributed by atoms with E-state index < -0.39 is 0 Å². The Labute approximate surface area is 107 Å². The van der Waals surface area contributed by atoms with E-state index in [0.29, 0.717) is 0 Å². The Balaban J connectivity index is 2.22. The number of pyridine rings is 1. The zero-order valence-electron chi connectivity index (χ0n) is 11.1. The van der Waals surface area contributed by atoms with E-state index >= 15 is 0 Å². The van der Waals surface area contributed by atoms with Crippen molar-refractivity contribution in [3.8, 4) is 5.88 Å². The standard InChI is InChI=1S/C15H18N2O/c1-9-4-10(2)14-12(5-9)6-13-8-16-7-11(3)18-15(13)17-14/h4-6,11,16H,7-8H2,1-3H3. The predicted molar refractivity (Wildman–Crippen MR) is 73.0 cm³/mol. The molecule has 0 saturated heterocycles. The van der Waals surface area contributed by atoms with Gasteiger partial charge in [-0.1, -0.05) is 11.6 Å². The summed E-state index contributed by atoms with van der Waals surface area (Å²) in [4.78, 5) is 4.70. The molecule has 0 spiro atoms. The van der Waals surface area contributed by atoms with E-state index in [9.17, 15) is 0 Å². The van der Waals surface area contributed by atoms with E-state index in [2.05, 4.69) is 44.3 Å². The van der Waals surface area contributed by atoms with Crippen LogP contribution in [0.15, 0.2) is 18.2 Å². The molecule has 3 nitrogen and oxygen atoms in total. The van der Waals surface area contributed by atoms with Crippen LogP contribution in [-0.2, 0) is 6.54 Å². The molecule has 18 heavy (non-hydrogen) atoms. The summed E-state index contributed by atoms with van der Waals surface area (Å²) < 4.78 is 5.88. The Bertz CT molecular complexity index is 607. The van der Waals surface area contributed by atoms with Crippen molar-refractivity contribution >= 4 is 10.9 Å². The highest BCUT2D eigenvalue weighted by molar-refractivity contribution is 5.84. The maximum atomic E-state index is 5.88. The van der Waals surface area contributed by atoms with Gasteiger partial charge in [-0.05, 0) is 38.5 Å². The molecule has 0 amide bonds. The number of benzene rings is 1. The minimum Gasteiger partial charge on any atom is -0.473 e. The zero-order chi connectivity index (χ0) is 12.7. The molecule has 1 aromatic carbocycles. The molecule has 94 valence electrons. The summed E-state index contributed by atoms with van der Waals surface area (Å²) in [5, 5.41) is 4.58. The van der Waals surface area contributed by atoms with Crippen LogP contribution in [0.2, 0.25) is 0 Å². The number of hydrogen-bond donors (Lipinski definition) is 1. The molecule has 0 radical (unpaired) electrons. The lowest BCUT2D eigenvalue weighted by Gasteiger charge is -2.12. The van der Waals surface area contributed by atoms with Crippen molar-refractivity contribution in [3.05, 3.63) is 34.9 Å². The largest absolute Gasteiger partial charge is 0.473 e. The molecule has 3 heteroatoms. The highest BCUT2D eigenvalue weighted by atomic mass is 16.5. The second-order valence-electron chi connectivity index (χ2n) is 5.17. The van der Waals surface area contributed by atoms with E-state index in [-0.39, 0.29) is 6.10 Å². The van der Waals surface area contributed by atoms with Gasteiger partial charge in [0.15, 0.2) is 0 Å². The molecule has 0 aliphatic carbocycles. The minimum atomic E-state index is 0.168. The molecule has 1 N–H and O–H groups in total. The maximum Gasteiger partial charge on any atom is 0.218 e. The van der Waals surface area contributed by atoms with Crippen LogP contribution in [0.1, 0.15) is 23.6 Å². The predicted octanol–water partition coefficient (Wildman–Crippen LogP) is 2.72. The Hall–Kier alpha value is -1.61. The van der Waals surface area contributed by atoms with Crippen molar-refractivity contribution in [2.75, 3.05) is 6.54 Å². The molecule has 1 atom stereocenters. The van der Waals surface area contributed by atoms with Crippen LogP contribution in [0.25, 0.3) is 10.9 Å². The van der Waals surface area contributed by atoms with Gasteiger partial charge in [0.25, 0.3) is 0 Å². The van der Waals surface area contributed by atoms with E-state index in [1.807, 2.05) is 0 Å². The normalized spacial score (nSPS) is 19.2. The number of rotatable bonds is 0. The van der Waals surface area contributed by atoms with E-state index in [1.165, 1.54) is 16.5 Å². The quantitative estimate of drug-likeness (QED) is 0.771. The van der Waals surface area contributed by atoms with Gasteiger partial charge in [-0.2, -0.15) is 0 Å². The molecular weight excluding hydrogens is 224 g/mol. The zero-order valence-corrected chi connectivity index (χ0v) is 11.1. The summed E-state index contributed by atoms with van der Waals surface area (Å²) in [7, 11) is 0. The van der Waals surface area contributed by atoms with E-state index in [4.69, 9.17) is 9.72 Å². The Kier molecular flexibility index (Phi) is 2.71. The van der Waals surface area contributed by atoms with Crippen molar-refractivity contribution in [2.24, 2.45) is 0 Å². The van der Waals surface area contributed by atoms with Gasteiger partial charge in [0.2, 0.25) is 5.88 Å². The van der Waals surface area contributed by atoms with Crippen LogP contribution in [-0.4, -0.2) is 17.6 Å². The minimum absolute atomic E-state index is 0.168. The molecule has 1 aromatic heterocycles. The van der Waals surface area contributed by atoms with Crippen molar-refractivity contribution in [2.45, 2.75) is 33.4 Å². The third kappa shape index (κ3) is 1.95. The van der Waals surface area contributed by atoms with Gasteiger partial charge in [0.1, 0.15) is 6.10 Å². The van der Waals surface area contributed by atoms with Gasteiger partial charge in [0, 0.05) is 24.0 Å². The molecule has 1 aliphatic rings. The first-order valence-electron chi connectivity index (χ1n) is 6.42. The monoisotopic (exact) mass is 242 g/mol. The average Bonchev–Trinajstić information content (AvgIpc) is 2.47. The fraction of sp³-hybridized carbons (Fsp3) is 0.400. The van der Waals surface area contributed by atoms with Crippen LogP contribution in [0.5, 0.6) is 5.88 Å². The van der Waals surface area contributed by atoms with Crippen LogP contribution in [0.4, 0.5) is 0 Å².